The maximum absolute atomic E-state index is 11.6. The Labute approximate surface area is 99.2 Å². The highest BCUT2D eigenvalue weighted by molar-refractivity contribution is 7.91. The van der Waals surface area contributed by atoms with Crippen molar-refractivity contribution in [3.8, 4) is 0 Å². The quantitative estimate of drug-likeness (QED) is 0.588. The van der Waals surface area contributed by atoms with Crippen LogP contribution in [0.4, 0.5) is 0 Å². The van der Waals surface area contributed by atoms with Crippen LogP contribution in [0.25, 0.3) is 0 Å². The Morgan fingerprint density at radius 1 is 1.06 bits per heavy atom. The van der Waals surface area contributed by atoms with E-state index >= 15 is 0 Å². The Morgan fingerprint density at radius 3 is 1.94 bits per heavy atom. The summed E-state index contributed by atoms with van der Waals surface area (Å²) in [4.78, 5) is 0. The Bertz CT molecular complexity index is 253. The van der Waals surface area contributed by atoms with Gasteiger partial charge in [0, 0.05) is 19.6 Å². The van der Waals surface area contributed by atoms with Crippen molar-refractivity contribution in [2.75, 3.05) is 24.7 Å². The number of hydrogen-bond acceptors (Lipinski definition) is 4. The molecule has 0 aliphatic carbocycles. The normalized spacial score (nSPS) is 12.6. The third kappa shape index (κ3) is 8.07. The number of hydrogen-bond donors (Lipinski definition) is 0. The lowest BCUT2D eigenvalue weighted by atomic mass is 10.3. The van der Waals surface area contributed by atoms with E-state index < -0.39 is 16.1 Å². The minimum Gasteiger partial charge on any atom is -0.353 e. The molecule has 0 heterocycles. The molecule has 0 amide bonds. The Kier molecular flexibility index (Phi) is 7.97. The van der Waals surface area contributed by atoms with Crippen molar-refractivity contribution in [1.82, 2.24) is 0 Å². The fourth-order valence-electron chi connectivity index (χ4n) is 1.45. The summed E-state index contributed by atoms with van der Waals surface area (Å²) < 4.78 is 33.9. The lowest BCUT2D eigenvalue weighted by molar-refractivity contribution is -0.136. The van der Waals surface area contributed by atoms with Gasteiger partial charge in [-0.3, -0.25) is 0 Å². The lowest BCUT2D eigenvalue weighted by Crippen LogP contribution is -2.23. The minimum absolute atomic E-state index is 0.135. The van der Waals surface area contributed by atoms with Crippen molar-refractivity contribution in [3.63, 3.8) is 0 Å². The molecule has 0 aromatic rings. The molecule has 0 rings (SSSR count). The largest absolute Gasteiger partial charge is 0.353 e. The summed E-state index contributed by atoms with van der Waals surface area (Å²) in [5.74, 6) is 0.538. The summed E-state index contributed by atoms with van der Waals surface area (Å²) in [6, 6.07) is 0. The van der Waals surface area contributed by atoms with Gasteiger partial charge in [-0.25, -0.2) is 8.42 Å². The highest BCUT2D eigenvalue weighted by atomic mass is 32.2. The van der Waals surface area contributed by atoms with Gasteiger partial charge in [0.1, 0.15) is 0 Å². The van der Waals surface area contributed by atoms with Crippen molar-refractivity contribution in [1.29, 1.82) is 0 Å². The van der Waals surface area contributed by atoms with Crippen LogP contribution in [0.1, 0.15) is 34.1 Å². The van der Waals surface area contributed by atoms with E-state index in [1.807, 2.05) is 27.7 Å². The first kappa shape index (κ1) is 15.9. The number of ether oxygens (including phenoxy) is 2. The molecular formula is C11H24O4S. The molecule has 0 aromatic heterocycles. The standard InChI is InChI=1S/C11H24O4S/c1-5-14-11(15-6-2)7-8-16(12,13)9-10(3)4/h10-11H,5-9H2,1-4H3. The first-order chi connectivity index (χ1) is 7.41. The van der Waals surface area contributed by atoms with Gasteiger partial charge < -0.3 is 9.47 Å². The Hall–Kier alpha value is -0.130. The first-order valence-electron chi connectivity index (χ1n) is 5.84. The van der Waals surface area contributed by atoms with Gasteiger partial charge in [0.05, 0.1) is 11.5 Å². The third-order valence-corrected chi connectivity index (χ3v) is 3.99. The second kappa shape index (κ2) is 8.03. The molecule has 0 radical (unpaired) electrons. The number of rotatable bonds is 9. The van der Waals surface area contributed by atoms with Crippen molar-refractivity contribution < 1.29 is 17.9 Å². The predicted molar refractivity (Wildman–Crippen MR) is 65.1 cm³/mol. The smallest absolute Gasteiger partial charge is 0.158 e. The van der Waals surface area contributed by atoms with Gasteiger partial charge in [0.25, 0.3) is 0 Å². The van der Waals surface area contributed by atoms with Crippen LogP contribution in [-0.2, 0) is 19.3 Å². The van der Waals surface area contributed by atoms with Crippen LogP contribution < -0.4 is 0 Å². The second-order valence-corrected chi connectivity index (χ2v) is 6.37. The molecule has 16 heavy (non-hydrogen) atoms. The molecule has 0 bridgehead atoms. The number of sulfone groups is 1. The summed E-state index contributed by atoms with van der Waals surface area (Å²) in [5, 5.41) is 0. The third-order valence-electron chi connectivity index (χ3n) is 1.96. The molecule has 5 heteroatoms. The monoisotopic (exact) mass is 252 g/mol. The molecule has 0 aliphatic rings. The van der Waals surface area contributed by atoms with E-state index in [9.17, 15) is 8.42 Å². The van der Waals surface area contributed by atoms with Gasteiger partial charge in [-0.1, -0.05) is 13.8 Å². The van der Waals surface area contributed by atoms with E-state index in [2.05, 4.69) is 0 Å². The van der Waals surface area contributed by atoms with E-state index in [1.165, 1.54) is 0 Å². The Morgan fingerprint density at radius 2 is 1.56 bits per heavy atom. The zero-order chi connectivity index (χ0) is 12.6. The molecular weight excluding hydrogens is 228 g/mol. The molecule has 0 aromatic carbocycles. The van der Waals surface area contributed by atoms with Crippen LogP contribution >= 0.6 is 0 Å². The van der Waals surface area contributed by atoms with Gasteiger partial charge in [-0.05, 0) is 19.8 Å². The van der Waals surface area contributed by atoms with Crippen molar-refractivity contribution in [2.45, 2.75) is 40.4 Å². The lowest BCUT2D eigenvalue weighted by Gasteiger charge is -2.17. The average molecular weight is 252 g/mol. The van der Waals surface area contributed by atoms with Gasteiger partial charge in [0.2, 0.25) is 0 Å². The maximum atomic E-state index is 11.6. The van der Waals surface area contributed by atoms with E-state index in [4.69, 9.17) is 9.47 Å². The van der Waals surface area contributed by atoms with Crippen molar-refractivity contribution >= 4 is 9.84 Å². The fourth-order valence-corrected chi connectivity index (χ4v) is 3.19. The minimum atomic E-state index is -2.97. The van der Waals surface area contributed by atoms with Crippen LogP contribution in [-0.4, -0.2) is 39.4 Å². The summed E-state index contributed by atoms with van der Waals surface area (Å²) in [6.07, 6.45) is 0.0217. The first-order valence-corrected chi connectivity index (χ1v) is 7.67. The van der Waals surface area contributed by atoms with Crippen molar-refractivity contribution in [2.24, 2.45) is 5.92 Å². The molecule has 0 saturated heterocycles. The molecule has 0 unspecified atom stereocenters. The van der Waals surface area contributed by atoms with Gasteiger partial charge in [-0.15, -0.1) is 0 Å². The topological polar surface area (TPSA) is 52.6 Å². The molecule has 0 spiro atoms. The fraction of sp³-hybridized carbons (Fsp3) is 1.00. The average Bonchev–Trinajstić information content (AvgIpc) is 2.13. The van der Waals surface area contributed by atoms with Gasteiger partial charge in [0.15, 0.2) is 16.1 Å². The van der Waals surface area contributed by atoms with Crippen LogP contribution in [0.3, 0.4) is 0 Å². The molecule has 4 nitrogen and oxygen atoms in total. The van der Waals surface area contributed by atoms with Gasteiger partial charge >= 0.3 is 0 Å². The summed E-state index contributed by atoms with van der Waals surface area (Å²) in [7, 11) is -2.97. The van der Waals surface area contributed by atoms with Crippen LogP contribution in [0.5, 0.6) is 0 Å². The van der Waals surface area contributed by atoms with Crippen molar-refractivity contribution in [3.05, 3.63) is 0 Å². The van der Waals surface area contributed by atoms with Crippen LogP contribution in [0.15, 0.2) is 0 Å². The van der Waals surface area contributed by atoms with E-state index in [0.29, 0.717) is 19.6 Å². The summed E-state index contributed by atoms with van der Waals surface area (Å²) in [6.45, 7) is 8.62. The molecule has 0 saturated carbocycles. The summed E-state index contributed by atoms with van der Waals surface area (Å²) in [5.41, 5.74) is 0. The van der Waals surface area contributed by atoms with E-state index in [1.54, 1.807) is 0 Å². The molecule has 0 fully saturated rings. The highest BCUT2D eigenvalue weighted by Gasteiger charge is 2.17. The molecule has 0 N–H and O–H groups in total. The maximum Gasteiger partial charge on any atom is 0.158 e. The van der Waals surface area contributed by atoms with Crippen LogP contribution in [0, 0.1) is 5.92 Å². The second-order valence-electron chi connectivity index (χ2n) is 4.14. The van der Waals surface area contributed by atoms with E-state index in [-0.39, 0.29) is 17.4 Å². The zero-order valence-electron chi connectivity index (χ0n) is 10.7. The predicted octanol–water partition coefficient (Wildman–Crippen LogP) is 1.85. The van der Waals surface area contributed by atoms with Gasteiger partial charge in [-0.2, -0.15) is 0 Å². The Balaban J connectivity index is 4.08. The molecule has 0 aliphatic heterocycles. The highest BCUT2D eigenvalue weighted by Crippen LogP contribution is 2.07. The molecule has 98 valence electrons. The van der Waals surface area contributed by atoms with E-state index in [0.717, 1.165) is 0 Å². The summed E-state index contributed by atoms with van der Waals surface area (Å²) >= 11 is 0. The SMILES string of the molecule is CCOC(CCS(=O)(=O)CC(C)C)OCC. The van der Waals surface area contributed by atoms with Crippen LogP contribution in [0.2, 0.25) is 0 Å². The molecule has 0 atom stereocenters. The zero-order valence-corrected chi connectivity index (χ0v) is 11.5.